The number of hydrogen-bond acceptors (Lipinski definition) is 5. The third-order valence-electron chi connectivity index (χ3n) is 4.72. The van der Waals surface area contributed by atoms with Crippen LogP contribution in [0.2, 0.25) is 0 Å². The Morgan fingerprint density at radius 1 is 1.00 bits per heavy atom. The summed E-state index contributed by atoms with van der Waals surface area (Å²) < 4.78 is 5.35. The Hall–Kier alpha value is -3.41. The maximum absolute atomic E-state index is 12.6. The maximum atomic E-state index is 12.6. The molecule has 0 aliphatic carbocycles. The van der Waals surface area contributed by atoms with E-state index < -0.39 is 0 Å². The highest BCUT2D eigenvalue weighted by atomic mass is 16.5. The predicted molar refractivity (Wildman–Crippen MR) is 115 cm³/mol. The molecule has 150 valence electrons. The lowest BCUT2D eigenvalue weighted by atomic mass is 10.1. The summed E-state index contributed by atoms with van der Waals surface area (Å²) in [7, 11) is 1.64. The summed E-state index contributed by atoms with van der Waals surface area (Å²) in [6.07, 6.45) is 0.674. The molecule has 0 spiro atoms. The van der Waals surface area contributed by atoms with Gasteiger partial charge in [0, 0.05) is 17.9 Å². The second kappa shape index (κ2) is 9.19. The highest BCUT2D eigenvalue weighted by Crippen LogP contribution is 2.19. The molecule has 0 bridgehead atoms. The number of ether oxygens (including phenoxy) is 1. The Labute approximate surface area is 171 Å². The van der Waals surface area contributed by atoms with Gasteiger partial charge in [0.1, 0.15) is 11.4 Å². The fourth-order valence-corrected chi connectivity index (χ4v) is 3.00. The molecule has 2 N–H and O–H groups in total. The minimum atomic E-state index is -0.228. The van der Waals surface area contributed by atoms with Crippen LogP contribution in [-0.2, 0) is 6.42 Å². The van der Waals surface area contributed by atoms with Crippen molar-refractivity contribution in [1.29, 1.82) is 0 Å². The lowest BCUT2D eigenvalue weighted by Gasteiger charge is -2.11. The second-order valence-electron chi connectivity index (χ2n) is 6.96. The average molecular weight is 390 g/mol. The summed E-state index contributed by atoms with van der Waals surface area (Å²) in [5, 5.41) is 6.11. The van der Waals surface area contributed by atoms with Crippen molar-refractivity contribution in [3.05, 3.63) is 76.6 Å². The molecular formula is C23H26N4O2. The number of aromatic nitrogens is 2. The number of para-hydroxylation sites is 1. The number of nitrogens with one attached hydrogen (secondary N) is 2. The van der Waals surface area contributed by atoms with E-state index in [9.17, 15) is 4.79 Å². The van der Waals surface area contributed by atoms with E-state index >= 15 is 0 Å². The zero-order chi connectivity index (χ0) is 20.8. The number of nitrogens with zero attached hydrogens (tertiary/aromatic N) is 2. The van der Waals surface area contributed by atoms with Gasteiger partial charge in [0.25, 0.3) is 5.91 Å². The van der Waals surface area contributed by atoms with Crippen molar-refractivity contribution >= 4 is 17.5 Å². The Morgan fingerprint density at radius 3 is 2.55 bits per heavy atom. The van der Waals surface area contributed by atoms with Crippen LogP contribution in [0.1, 0.15) is 32.9 Å². The first kappa shape index (κ1) is 20.3. The van der Waals surface area contributed by atoms with E-state index in [4.69, 9.17) is 4.74 Å². The van der Waals surface area contributed by atoms with Crippen molar-refractivity contribution in [2.75, 3.05) is 19.0 Å². The number of rotatable bonds is 7. The maximum Gasteiger partial charge on any atom is 0.270 e. The molecule has 0 radical (unpaired) electrons. The Bertz CT molecular complexity index is 1020. The molecule has 6 nitrogen and oxygen atoms in total. The monoisotopic (exact) mass is 390 g/mol. The lowest BCUT2D eigenvalue weighted by Crippen LogP contribution is -2.27. The number of amides is 1. The first-order chi connectivity index (χ1) is 14.0. The van der Waals surface area contributed by atoms with E-state index in [2.05, 4.69) is 34.4 Å². The number of hydrogen-bond donors (Lipinski definition) is 2. The van der Waals surface area contributed by atoms with Crippen LogP contribution < -0.4 is 15.4 Å². The second-order valence-corrected chi connectivity index (χ2v) is 6.96. The molecule has 0 saturated carbocycles. The van der Waals surface area contributed by atoms with Gasteiger partial charge in [0.2, 0.25) is 5.95 Å². The molecule has 3 aromatic rings. The van der Waals surface area contributed by atoms with E-state index in [0.29, 0.717) is 24.6 Å². The van der Waals surface area contributed by atoms with E-state index in [0.717, 1.165) is 22.7 Å². The number of aryl methyl sites for hydroxylation is 3. The molecule has 1 aromatic heterocycles. The van der Waals surface area contributed by atoms with Crippen molar-refractivity contribution < 1.29 is 9.53 Å². The SMILES string of the molecule is COc1ccccc1CCNC(=O)c1cc(C)nc(Nc2ccc(C)c(C)c2)n1. The number of carbonyl (C=O) groups is 1. The van der Waals surface area contributed by atoms with Gasteiger partial charge in [-0.25, -0.2) is 9.97 Å². The third kappa shape index (κ3) is 5.31. The summed E-state index contributed by atoms with van der Waals surface area (Å²) in [6.45, 7) is 6.45. The minimum absolute atomic E-state index is 0.228. The summed E-state index contributed by atoms with van der Waals surface area (Å²) in [5.74, 6) is 0.996. The molecule has 2 aromatic carbocycles. The van der Waals surface area contributed by atoms with E-state index in [1.165, 1.54) is 11.1 Å². The largest absolute Gasteiger partial charge is 0.496 e. The zero-order valence-electron chi connectivity index (χ0n) is 17.2. The average Bonchev–Trinajstić information content (AvgIpc) is 2.70. The topological polar surface area (TPSA) is 76.1 Å². The normalized spacial score (nSPS) is 10.5. The van der Waals surface area contributed by atoms with Crippen LogP contribution in [0.4, 0.5) is 11.6 Å². The first-order valence-electron chi connectivity index (χ1n) is 9.56. The highest BCUT2D eigenvalue weighted by Gasteiger charge is 2.11. The molecule has 1 heterocycles. The standard InChI is InChI=1S/C23H26N4O2/c1-15-9-10-19(13-16(15)2)26-23-25-17(3)14-20(27-23)22(28)24-12-11-18-7-5-6-8-21(18)29-4/h5-10,13-14H,11-12H2,1-4H3,(H,24,28)(H,25,26,27). The predicted octanol–water partition coefficient (Wildman–Crippen LogP) is 4.13. The fourth-order valence-electron chi connectivity index (χ4n) is 3.00. The van der Waals surface area contributed by atoms with Crippen molar-refractivity contribution in [3.63, 3.8) is 0 Å². The van der Waals surface area contributed by atoms with Crippen LogP contribution in [-0.4, -0.2) is 29.5 Å². The summed E-state index contributed by atoms with van der Waals surface area (Å²) in [5.41, 5.74) is 5.39. The van der Waals surface area contributed by atoms with Crippen LogP contribution in [0.3, 0.4) is 0 Å². The van der Waals surface area contributed by atoms with Gasteiger partial charge in [-0.2, -0.15) is 0 Å². The molecule has 6 heteroatoms. The van der Waals surface area contributed by atoms with Gasteiger partial charge in [-0.15, -0.1) is 0 Å². The van der Waals surface area contributed by atoms with Crippen LogP contribution in [0, 0.1) is 20.8 Å². The van der Waals surface area contributed by atoms with Crippen LogP contribution in [0.25, 0.3) is 0 Å². The Kier molecular flexibility index (Phi) is 6.44. The molecule has 3 rings (SSSR count). The molecule has 0 unspecified atom stereocenters. The van der Waals surface area contributed by atoms with Crippen molar-refractivity contribution in [2.24, 2.45) is 0 Å². The fraction of sp³-hybridized carbons (Fsp3) is 0.261. The van der Waals surface area contributed by atoms with Gasteiger partial charge >= 0.3 is 0 Å². The summed E-state index contributed by atoms with van der Waals surface area (Å²) >= 11 is 0. The third-order valence-corrected chi connectivity index (χ3v) is 4.72. The Balaban J connectivity index is 1.66. The van der Waals surface area contributed by atoms with Crippen molar-refractivity contribution in [2.45, 2.75) is 27.2 Å². The molecular weight excluding hydrogens is 364 g/mol. The van der Waals surface area contributed by atoms with Crippen LogP contribution in [0.15, 0.2) is 48.5 Å². The van der Waals surface area contributed by atoms with Gasteiger partial charge in [-0.05, 0) is 68.1 Å². The van der Waals surface area contributed by atoms with Gasteiger partial charge < -0.3 is 15.4 Å². The van der Waals surface area contributed by atoms with Gasteiger partial charge in [0.15, 0.2) is 0 Å². The van der Waals surface area contributed by atoms with E-state index in [1.54, 1.807) is 13.2 Å². The van der Waals surface area contributed by atoms with Gasteiger partial charge in [0.05, 0.1) is 7.11 Å². The molecule has 0 fully saturated rings. The highest BCUT2D eigenvalue weighted by molar-refractivity contribution is 5.92. The molecule has 0 saturated heterocycles. The summed E-state index contributed by atoms with van der Waals surface area (Å²) in [6, 6.07) is 15.5. The Morgan fingerprint density at radius 2 is 1.79 bits per heavy atom. The number of benzene rings is 2. The molecule has 0 aliphatic rings. The first-order valence-corrected chi connectivity index (χ1v) is 9.56. The summed E-state index contributed by atoms with van der Waals surface area (Å²) in [4.78, 5) is 21.4. The van der Waals surface area contributed by atoms with E-state index in [-0.39, 0.29) is 5.91 Å². The van der Waals surface area contributed by atoms with Gasteiger partial charge in [-0.1, -0.05) is 24.3 Å². The number of anilines is 2. The minimum Gasteiger partial charge on any atom is -0.496 e. The molecule has 0 aliphatic heterocycles. The molecule has 29 heavy (non-hydrogen) atoms. The number of carbonyl (C=O) groups excluding carboxylic acids is 1. The quantitative estimate of drug-likeness (QED) is 0.634. The smallest absolute Gasteiger partial charge is 0.270 e. The van der Waals surface area contributed by atoms with Crippen molar-refractivity contribution in [1.82, 2.24) is 15.3 Å². The van der Waals surface area contributed by atoms with Crippen LogP contribution in [0.5, 0.6) is 5.75 Å². The van der Waals surface area contributed by atoms with Crippen LogP contribution >= 0.6 is 0 Å². The van der Waals surface area contributed by atoms with E-state index in [1.807, 2.05) is 49.4 Å². The molecule has 0 atom stereocenters. The number of methoxy groups -OCH3 is 1. The molecule has 1 amide bonds. The van der Waals surface area contributed by atoms with Crippen molar-refractivity contribution in [3.8, 4) is 5.75 Å². The zero-order valence-corrected chi connectivity index (χ0v) is 17.2. The lowest BCUT2D eigenvalue weighted by molar-refractivity contribution is 0.0949. The van der Waals surface area contributed by atoms with Gasteiger partial charge in [-0.3, -0.25) is 4.79 Å².